The lowest BCUT2D eigenvalue weighted by Crippen LogP contribution is -2.25. The monoisotopic (exact) mass is 307 g/mol. The first-order valence-corrected chi connectivity index (χ1v) is 8.47. The molecule has 0 fully saturated rings. The summed E-state index contributed by atoms with van der Waals surface area (Å²) in [5, 5.41) is 2.59. The third kappa shape index (κ3) is 2.60. The van der Waals surface area contributed by atoms with Crippen LogP contribution in [-0.2, 0) is 16.4 Å². The van der Waals surface area contributed by atoms with Crippen molar-refractivity contribution in [3.05, 3.63) is 46.9 Å². The molecule has 3 rings (SSSR count). The Morgan fingerprint density at radius 3 is 3.00 bits per heavy atom. The number of hydrogen-bond acceptors (Lipinski definition) is 4. The number of aromatic amines is 1. The van der Waals surface area contributed by atoms with E-state index in [1.807, 2.05) is 17.5 Å². The molecule has 0 atom stereocenters. The second kappa shape index (κ2) is 5.35. The lowest BCUT2D eigenvalue weighted by Gasteiger charge is -2.04. The van der Waals surface area contributed by atoms with Gasteiger partial charge in [0.05, 0.1) is 0 Å². The number of rotatable bonds is 5. The molecule has 0 bridgehead atoms. The first-order valence-electron chi connectivity index (χ1n) is 6.11. The highest BCUT2D eigenvalue weighted by atomic mass is 32.2. The van der Waals surface area contributed by atoms with Gasteiger partial charge >= 0.3 is 0 Å². The molecule has 104 valence electrons. The van der Waals surface area contributed by atoms with Crippen LogP contribution in [0.2, 0.25) is 0 Å². The predicted octanol–water partition coefficient (Wildman–Crippen LogP) is 2.15. The van der Waals surface area contributed by atoms with Gasteiger partial charge in [0, 0.05) is 29.2 Å². The summed E-state index contributed by atoms with van der Waals surface area (Å²) in [6.45, 7) is 0.385. The molecule has 20 heavy (non-hydrogen) atoms. The molecule has 0 aliphatic carbocycles. The lowest BCUT2D eigenvalue weighted by molar-refractivity contribution is 0.583. The Balaban J connectivity index is 1.78. The zero-order chi connectivity index (χ0) is 14.0. The highest BCUT2D eigenvalue weighted by molar-refractivity contribution is 7.89. The van der Waals surface area contributed by atoms with Gasteiger partial charge in [-0.25, -0.2) is 18.1 Å². The number of sulfonamides is 1. The minimum Gasteiger partial charge on any atom is -0.345 e. The van der Waals surface area contributed by atoms with Crippen molar-refractivity contribution in [2.75, 3.05) is 6.54 Å². The van der Waals surface area contributed by atoms with E-state index in [1.165, 1.54) is 6.20 Å². The average Bonchev–Trinajstić information content (AvgIpc) is 3.07. The van der Waals surface area contributed by atoms with E-state index in [2.05, 4.69) is 14.7 Å². The van der Waals surface area contributed by atoms with Crippen LogP contribution in [-0.4, -0.2) is 24.9 Å². The van der Waals surface area contributed by atoms with Crippen molar-refractivity contribution < 1.29 is 8.42 Å². The number of pyridine rings is 1. The first-order chi connectivity index (χ1) is 9.67. The zero-order valence-electron chi connectivity index (χ0n) is 10.5. The molecule has 0 aromatic carbocycles. The van der Waals surface area contributed by atoms with Crippen LogP contribution in [0.1, 0.15) is 4.88 Å². The highest BCUT2D eigenvalue weighted by Crippen LogP contribution is 2.20. The summed E-state index contributed by atoms with van der Waals surface area (Å²) in [5.41, 5.74) is 0.575. The van der Waals surface area contributed by atoms with E-state index < -0.39 is 10.0 Å². The largest absolute Gasteiger partial charge is 0.345 e. The predicted molar refractivity (Wildman–Crippen MR) is 79.3 cm³/mol. The molecular weight excluding hydrogens is 294 g/mol. The molecule has 7 heteroatoms. The maximum atomic E-state index is 12.3. The Morgan fingerprint density at radius 2 is 2.20 bits per heavy atom. The molecule has 3 aromatic rings. The first kappa shape index (κ1) is 13.3. The summed E-state index contributed by atoms with van der Waals surface area (Å²) in [5.74, 6) is 0. The van der Waals surface area contributed by atoms with E-state index in [9.17, 15) is 8.42 Å². The number of H-pyrrole nitrogens is 1. The van der Waals surface area contributed by atoms with Crippen molar-refractivity contribution in [1.82, 2.24) is 14.7 Å². The molecule has 2 N–H and O–H groups in total. The fourth-order valence-electron chi connectivity index (χ4n) is 1.99. The van der Waals surface area contributed by atoms with Crippen LogP contribution >= 0.6 is 11.3 Å². The summed E-state index contributed by atoms with van der Waals surface area (Å²) < 4.78 is 27.2. The van der Waals surface area contributed by atoms with Gasteiger partial charge in [-0.15, -0.1) is 11.3 Å². The maximum absolute atomic E-state index is 12.3. The summed E-state index contributed by atoms with van der Waals surface area (Å²) in [6.07, 6.45) is 3.79. The Kier molecular flexibility index (Phi) is 3.56. The fourth-order valence-corrected chi connectivity index (χ4v) is 3.90. The zero-order valence-corrected chi connectivity index (χ0v) is 12.2. The maximum Gasteiger partial charge on any atom is 0.242 e. The average molecular weight is 307 g/mol. The van der Waals surface area contributed by atoms with Crippen molar-refractivity contribution in [3.8, 4) is 0 Å². The highest BCUT2D eigenvalue weighted by Gasteiger charge is 2.18. The van der Waals surface area contributed by atoms with Gasteiger partial charge < -0.3 is 4.98 Å². The Morgan fingerprint density at radius 1 is 1.30 bits per heavy atom. The number of aromatic nitrogens is 2. The number of nitrogens with one attached hydrogen (secondary N) is 2. The molecule has 3 heterocycles. The van der Waals surface area contributed by atoms with Gasteiger partial charge in [0.2, 0.25) is 10.0 Å². The van der Waals surface area contributed by atoms with Gasteiger partial charge in [-0.3, -0.25) is 0 Å². The molecular formula is C13H13N3O2S2. The quantitative estimate of drug-likeness (QED) is 0.758. The van der Waals surface area contributed by atoms with Gasteiger partial charge in [0.1, 0.15) is 10.5 Å². The van der Waals surface area contributed by atoms with Crippen LogP contribution in [0, 0.1) is 0 Å². The van der Waals surface area contributed by atoms with Crippen LogP contribution < -0.4 is 4.72 Å². The van der Waals surface area contributed by atoms with Crippen LogP contribution in [0.5, 0.6) is 0 Å². The molecule has 0 saturated heterocycles. The summed E-state index contributed by atoms with van der Waals surface area (Å²) >= 11 is 1.62. The summed E-state index contributed by atoms with van der Waals surface area (Å²) in [6, 6.07) is 7.42. The second-order valence-corrected chi connectivity index (χ2v) is 7.05. The number of thiophene rings is 1. The van der Waals surface area contributed by atoms with E-state index >= 15 is 0 Å². The van der Waals surface area contributed by atoms with Crippen molar-refractivity contribution >= 4 is 32.4 Å². The van der Waals surface area contributed by atoms with E-state index in [1.54, 1.807) is 29.7 Å². The minimum atomic E-state index is -3.51. The van der Waals surface area contributed by atoms with Gasteiger partial charge in [-0.2, -0.15) is 0 Å². The van der Waals surface area contributed by atoms with Gasteiger partial charge in [-0.05, 0) is 30.0 Å². The number of nitrogens with zero attached hydrogens (tertiary/aromatic N) is 1. The van der Waals surface area contributed by atoms with E-state index in [4.69, 9.17) is 0 Å². The summed E-state index contributed by atoms with van der Waals surface area (Å²) in [7, 11) is -3.51. The van der Waals surface area contributed by atoms with Crippen molar-refractivity contribution in [2.45, 2.75) is 11.3 Å². The molecule has 0 spiro atoms. The topological polar surface area (TPSA) is 74.8 Å². The van der Waals surface area contributed by atoms with E-state index in [0.717, 1.165) is 4.88 Å². The third-order valence-electron chi connectivity index (χ3n) is 2.95. The molecule has 0 aliphatic heterocycles. The van der Waals surface area contributed by atoms with Crippen LogP contribution in [0.3, 0.4) is 0 Å². The van der Waals surface area contributed by atoms with E-state index in [0.29, 0.717) is 24.0 Å². The van der Waals surface area contributed by atoms with Gasteiger partial charge in [0.25, 0.3) is 0 Å². The van der Waals surface area contributed by atoms with Crippen molar-refractivity contribution in [3.63, 3.8) is 0 Å². The Bertz CT molecular complexity index is 807. The Labute approximate surface area is 120 Å². The van der Waals surface area contributed by atoms with Crippen LogP contribution in [0.15, 0.2) is 46.9 Å². The smallest absolute Gasteiger partial charge is 0.242 e. The molecule has 0 aliphatic rings. The number of hydrogen-bond donors (Lipinski definition) is 2. The SMILES string of the molecule is O=S(=O)(NCCc1cccs1)c1c[nH]c2ncccc12. The van der Waals surface area contributed by atoms with Crippen LogP contribution in [0.4, 0.5) is 0 Å². The molecule has 3 aromatic heterocycles. The van der Waals surface area contributed by atoms with Crippen molar-refractivity contribution in [1.29, 1.82) is 0 Å². The molecule has 0 unspecified atom stereocenters. The summed E-state index contributed by atoms with van der Waals surface area (Å²) in [4.78, 5) is 8.36. The van der Waals surface area contributed by atoms with Crippen LogP contribution in [0.25, 0.3) is 11.0 Å². The molecule has 0 amide bonds. The normalized spacial score (nSPS) is 12.0. The molecule has 0 radical (unpaired) electrons. The standard InChI is InChI=1S/C13H13N3O2S2/c17-20(18,16-7-5-10-3-2-8-19-10)12-9-15-13-11(12)4-1-6-14-13/h1-4,6,8-9,16H,5,7H2,(H,14,15). The minimum absolute atomic E-state index is 0.242. The molecule has 0 saturated carbocycles. The second-order valence-electron chi connectivity index (χ2n) is 4.28. The third-order valence-corrected chi connectivity index (χ3v) is 5.38. The van der Waals surface area contributed by atoms with Crippen molar-refractivity contribution in [2.24, 2.45) is 0 Å². The molecule has 5 nitrogen and oxygen atoms in total. The number of fused-ring (bicyclic) bond motifs is 1. The fraction of sp³-hybridized carbons (Fsp3) is 0.154. The van der Waals surface area contributed by atoms with E-state index in [-0.39, 0.29) is 4.90 Å². The lowest BCUT2D eigenvalue weighted by atomic mass is 10.3. The van der Waals surface area contributed by atoms with Gasteiger partial charge in [0.15, 0.2) is 0 Å². The Hall–Kier alpha value is -1.70. The van der Waals surface area contributed by atoms with Gasteiger partial charge in [-0.1, -0.05) is 6.07 Å².